The molecule has 2 saturated heterocycles. The van der Waals surface area contributed by atoms with Crippen LogP contribution in [-0.4, -0.2) is 28.6 Å². The van der Waals surface area contributed by atoms with Crippen molar-refractivity contribution in [3.63, 3.8) is 0 Å². The molecule has 4 rings (SSSR count). The minimum absolute atomic E-state index is 0.167. The number of amides is 3. The molecule has 0 bridgehead atoms. The van der Waals surface area contributed by atoms with Crippen molar-refractivity contribution in [3.8, 4) is 0 Å². The van der Waals surface area contributed by atoms with Crippen molar-refractivity contribution in [2.75, 3.05) is 10.7 Å². The van der Waals surface area contributed by atoms with Gasteiger partial charge >= 0.3 is 6.03 Å². The van der Waals surface area contributed by atoms with Gasteiger partial charge < -0.3 is 0 Å². The molecule has 0 radical (unpaired) electrons. The minimum atomic E-state index is -0.421. The van der Waals surface area contributed by atoms with Crippen LogP contribution in [0.1, 0.15) is 10.9 Å². The average molecular weight is 424 g/mol. The van der Waals surface area contributed by atoms with E-state index < -0.39 is 6.04 Å². The van der Waals surface area contributed by atoms with Crippen molar-refractivity contribution in [2.45, 2.75) is 11.4 Å². The number of nitrogens with zero attached hydrogens (tertiary/aromatic N) is 2. The third-order valence-electron chi connectivity index (χ3n) is 4.14. The van der Waals surface area contributed by atoms with Gasteiger partial charge in [-0.25, -0.2) is 9.69 Å². The Balaban J connectivity index is 1.69. The Hall–Kier alpha value is -1.50. The highest BCUT2D eigenvalue weighted by Crippen LogP contribution is 2.46. The average Bonchev–Trinajstić information content (AvgIpc) is 3.10. The molecule has 24 heavy (non-hydrogen) atoms. The molecule has 0 N–H and O–H groups in total. The van der Waals surface area contributed by atoms with Gasteiger partial charge in [0.1, 0.15) is 11.4 Å². The molecule has 0 saturated carbocycles. The lowest BCUT2D eigenvalue weighted by Gasteiger charge is -2.23. The number of carbonyl (C=O) groups is 2. The van der Waals surface area contributed by atoms with Crippen molar-refractivity contribution in [3.05, 3.63) is 63.6 Å². The smallest absolute Gasteiger partial charge is 0.295 e. The predicted octanol–water partition coefficient (Wildman–Crippen LogP) is 4.69. The van der Waals surface area contributed by atoms with Gasteiger partial charge in [0.25, 0.3) is 5.91 Å². The van der Waals surface area contributed by atoms with Crippen LogP contribution in [0, 0.1) is 0 Å². The van der Waals surface area contributed by atoms with E-state index in [9.17, 15) is 9.59 Å². The van der Waals surface area contributed by atoms with Crippen LogP contribution in [0.3, 0.4) is 0 Å². The number of rotatable bonds is 2. The number of imide groups is 1. The topological polar surface area (TPSA) is 40.6 Å². The second-order valence-electron chi connectivity index (χ2n) is 5.60. The van der Waals surface area contributed by atoms with Crippen molar-refractivity contribution in [1.82, 2.24) is 4.90 Å². The van der Waals surface area contributed by atoms with E-state index >= 15 is 0 Å². The molecule has 2 fully saturated rings. The fourth-order valence-electron chi connectivity index (χ4n) is 3.03. The fraction of sp³-hybridized carbons (Fsp3) is 0.176. The van der Waals surface area contributed by atoms with Gasteiger partial charge in [-0.1, -0.05) is 39.7 Å². The Bertz CT molecular complexity index is 830. The number of hydrogen-bond donors (Lipinski definition) is 0. The summed E-state index contributed by atoms with van der Waals surface area (Å²) in [5, 5.41) is 0.435. The summed E-state index contributed by atoms with van der Waals surface area (Å²) in [6, 6.07) is 13.9. The monoisotopic (exact) mass is 422 g/mol. The normalized spacial score (nSPS) is 23.1. The number of hydrogen-bond acceptors (Lipinski definition) is 3. The van der Waals surface area contributed by atoms with Gasteiger partial charge in [-0.3, -0.25) is 9.69 Å². The summed E-state index contributed by atoms with van der Waals surface area (Å²) < 4.78 is 0.901. The van der Waals surface area contributed by atoms with E-state index in [1.807, 2.05) is 30.3 Å². The first-order valence-electron chi connectivity index (χ1n) is 7.35. The van der Waals surface area contributed by atoms with E-state index in [1.54, 1.807) is 34.9 Å². The molecule has 2 aromatic rings. The Labute approximate surface area is 156 Å². The predicted molar refractivity (Wildman–Crippen MR) is 99.3 cm³/mol. The van der Waals surface area contributed by atoms with Gasteiger partial charge in [-0.2, -0.15) is 0 Å². The maximum atomic E-state index is 12.9. The molecule has 0 aromatic heterocycles. The maximum Gasteiger partial charge on any atom is 0.333 e. The summed E-state index contributed by atoms with van der Waals surface area (Å²) in [6.45, 7) is 0. The van der Waals surface area contributed by atoms with Crippen molar-refractivity contribution < 1.29 is 9.59 Å². The number of benzene rings is 2. The van der Waals surface area contributed by atoms with Crippen molar-refractivity contribution >= 4 is 56.9 Å². The van der Waals surface area contributed by atoms with Crippen molar-refractivity contribution in [2.24, 2.45) is 0 Å². The van der Waals surface area contributed by atoms with E-state index in [1.165, 1.54) is 4.90 Å². The summed E-state index contributed by atoms with van der Waals surface area (Å²) in [6.07, 6.45) is 0. The maximum absolute atomic E-state index is 12.9. The molecule has 0 unspecified atom stereocenters. The highest BCUT2D eigenvalue weighted by Gasteiger charge is 2.53. The number of carbonyl (C=O) groups excluding carboxylic acids is 2. The molecule has 7 heteroatoms. The van der Waals surface area contributed by atoms with Crippen LogP contribution < -0.4 is 4.90 Å². The Morgan fingerprint density at radius 1 is 1.12 bits per heavy atom. The number of urea groups is 1. The quantitative estimate of drug-likeness (QED) is 0.658. The third-order valence-corrected chi connectivity index (χ3v) is 6.22. The zero-order valence-corrected chi connectivity index (χ0v) is 15.5. The lowest BCUT2D eigenvalue weighted by atomic mass is 10.2. The van der Waals surface area contributed by atoms with Crippen LogP contribution in [0.5, 0.6) is 0 Å². The van der Waals surface area contributed by atoms with E-state index in [0.29, 0.717) is 16.5 Å². The lowest BCUT2D eigenvalue weighted by molar-refractivity contribution is -0.119. The van der Waals surface area contributed by atoms with Gasteiger partial charge in [-0.05, 0) is 42.0 Å². The van der Waals surface area contributed by atoms with Crippen LogP contribution in [0.4, 0.5) is 10.5 Å². The van der Waals surface area contributed by atoms with Gasteiger partial charge in [0.15, 0.2) is 0 Å². The lowest BCUT2D eigenvalue weighted by Crippen LogP contribution is -2.33. The number of thioether (sulfide) groups is 1. The Morgan fingerprint density at radius 2 is 1.88 bits per heavy atom. The van der Waals surface area contributed by atoms with E-state index in [-0.39, 0.29) is 17.3 Å². The fourth-order valence-corrected chi connectivity index (χ4v) is 4.90. The van der Waals surface area contributed by atoms with E-state index in [0.717, 1.165) is 10.0 Å². The minimum Gasteiger partial charge on any atom is -0.295 e. The van der Waals surface area contributed by atoms with Gasteiger partial charge in [0.2, 0.25) is 0 Å². The van der Waals surface area contributed by atoms with Crippen molar-refractivity contribution in [1.29, 1.82) is 0 Å². The molecular weight excluding hydrogens is 412 g/mol. The highest BCUT2D eigenvalue weighted by atomic mass is 79.9. The van der Waals surface area contributed by atoms with Crippen LogP contribution >= 0.6 is 39.3 Å². The molecule has 2 atom stereocenters. The van der Waals surface area contributed by atoms with E-state index in [2.05, 4.69) is 15.9 Å². The molecule has 122 valence electrons. The van der Waals surface area contributed by atoms with Crippen LogP contribution in [-0.2, 0) is 4.79 Å². The summed E-state index contributed by atoms with van der Waals surface area (Å²) in [5.41, 5.74) is 1.53. The molecule has 0 spiro atoms. The zero-order chi connectivity index (χ0) is 16.8. The second-order valence-corrected chi connectivity index (χ2v) is 8.06. The van der Waals surface area contributed by atoms with Gasteiger partial charge in [0, 0.05) is 15.2 Å². The number of halogens is 2. The standard InChI is InChI=1S/C17H12BrClN2O2S/c18-11-4-6-13(7-5-11)20-15(22)14-9-24-16(21(14)17(20)23)10-2-1-3-12(19)8-10/h1-8,14,16H,9H2/t14-,16-/m0/s1. The van der Waals surface area contributed by atoms with E-state index in [4.69, 9.17) is 11.6 Å². The molecule has 2 aliphatic heterocycles. The number of fused-ring (bicyclic) bond motifs is 1. The third kappa shape index (κ3) is 2.53. The molecular formula is C17H12BrClN2O2S. The van der Waals surface area contributed by atoms with Crippen LogP contribution in [0.2, 0.25) is 5.02 Å². The second kappa shape index (κ2) is 6.10. The zero-order valence-electron chi connectivity index (χ0n) is 12.4. The van der Waals surface area contributed by atoms with Gasteiger partial charge in [-0.15, -0.1) is 11.8 Å². The highest BCUT2D eigenvalue weighted by molar-refractivity contribution is 9.10. The molecule has 4 nitrogen and oxygen atoms in total. The largest absolute Gasteiger partial charge is 0.333 e. The summed E-state index contributed by atoms with van der Waals surface area (Å²) in [7, 11) is 0. The number of anilines is 1. The summed E-state index contributed by atoms with van der Waals surface area (Å²) in [4.78, 5) is 28.6. The molecule has 2 aromatic carbocycles. The molecule has 0 aliphatic carbocycles. The molecule has 2 heterocycles. The summed E-state index contributed by atoms with van der Waals surface area (Å²) >= 11 is 11.0. The first-order valence-corrected chi connectivity index (χ1v) is 9.57. The first kappa shape index (κ1) is 16.0. The Kier molecular flexibility index (Phi) is 4.06. The molecule has 3 amide bonds. The van der Waals surface area contributed by atoms with Gasteiger partial charge in [0.05, 0.1) is 5.69 Å². The SMILES string of the molecule is O=C1[C@@H]2CS[C@@H](c3cccc(Cl)c3)N2C(=O)N1c1ccc(Br)cc1. The van der Waals surface area contributed by atoms with Crippen LogP contribution in [0.25, 0.3) is 0 Å². The first-order chi connectivity index (χ1) is 11.6. The summed E-state index contributed by atoms with van der Waals surface area (Å²) in [5.74, 6) is 0.425. The Morgan fingerprint density at radius 3 is 2.58 bits per heavy atom. The molecule has 2 aliphatic rings. The van der Waals surface area contributed by atoms with Crippen LogP contribution in [0.15, 0.2) is 53.0 Å².